The number of ether oxygens (including phenoxy) is 1. The summed E-state index contributed by atoms with van der Waals surface area (Å²) in [7, 11) is 1.54. The van der Waals surface area contributed by atoms with Gasteiger partial charge in [-0.15, -0.1) is 11.3 Å². The first kappa shape index (κ1) is 16.5. The number of benzene rings is 1. The van der Waals surface area contributed by atoms with E-state index >= 15 is 0 Å². The van der Waals surface area contributed by atoms with Crippen molar-refractivity contribution < 1.29 is 14.3 Å². The summed E-state index contributed by atoms with van der Waals surface area (Å²) >= 11 is 1.55. The minimum Gasteiger partial charge on any atom is -0.494 e. The van der Waals surface area contributed by atoms with Crippen molar-refractivity contribution in [2.75, 3.05) is 19.0 Å². The number of aromatic nitrogens is 1. The van der Waals surface area contributed by atoms with Crippen LogP contribution >= 0.6 is 11.3 Å². The number of methoxy groups -OCH3 is 1. The van der Waals surface area contributed by atoms with E-state index in [4.69, 9.17) is 4.74 Å². The minimum atomic E-state index is -0.507. The first-order valence-electron chi connectivity index (χ1n) is 7.87. The second-order valence-electron chi connectivity index (χ2n) is 5.69. The molecule has 2 heterocycles. The van der Waals surface area contributed by atoms with Gasteiger partial charge in [-0.3, -0.25) is 4.79 Å². The molecular weight excluding hydrogens is 328 g/mol. The molecule has 1 atom stereocenters. The van der Waals surface area contributed by atoms with Gasteiger partial charge in [0, 0.05) is 12.6 Å². The molecule has 1 aromatic heterocycles. The van der Waals surface area contributed by atoms with Crippen LogP contribution in [0.5, 0.6) is 5.75 Å². The van der Waals surface area contributed by atoms with Crippen molar-refractivity contribution in [3.63, 3.8) is 0 Å². The summed E-state index contributed by atoms with van der Waals surface area (Å²) in [5.74, 6) is 0.399. The Morgan fingerprint density at radius 1 is 1.42 bits per heavy atom. The fraction of sp³-hybridized carbons (Fsp3) is 0.438. The van der Waals surface area contributed by atoms with Crippen LogP contribution in [0, 0.1) is 6.92 Å². The number of nitrogens with zero attached hydrogens (tertiary/aromatic N) is 1. The molecule has 128 valence electrons. The van der Waals surface area contributed by atoms with Crippen molar-refractivity contribution in [3.05, 3.63) is 17.1 Å². The quantitative estimate of drug-likeness (QED) is 0.794. The van der Waals surface area contributed by atoms with Crippen LogP contribution in [0.4, 0.5) is 10.5 Å². The van der Waals surface area contributed by atoms with Crippen LogP contribution in [0.25, 0.3) is 10.2 Å². The molecule has 1 fully saturated rings. The number of amides is 3. The van der Waals surface area contributed by atoms with Crippen LogP contribution < -0.4 is 20.7 Å². The van der Waals surface area contributed by atoms with Crippen molar-refractivity contribution in [2.24, 2.45) is 0 Å². The van der Waals surface area contributed by atoms with Gasteiger partial charge in [-0.05, 0) is 32.3 Å². The van der Waals surface area contributed by atoms with Crippen molar-refractivity contribution in [1.29, 1.82) is 0 Å². The Balaban J connectivity index is 1.75. The van der Waals surface area contributed by atoms with E-state index in [2.05, 4.69) is 20.9 Å². The van der Waals surface area contributed by atoms with Crippen molar-refractivity contribution >= 4 is 39.2 Å². The Labute approximate surface area is 143 Å². The zero-order valence-electron chi connectivity index (χ0n) is 13.6. The molecule has 0 radical (unpaired) electrons. The Bertz CT molecular complexity index is 774. The molecule has 3 N–H and O–H groups in total. The summed E-state index contributed by atoms with van der Waals surface area (Å²) in [5, 5.41) is 9.26. The molecule has 0 aliphatic carbocycles. The third kappa shape index (κ3) is 3.59. The van der Waals surface area contributed by atoms with E-state index < -0.39 is 12.1 Å². The molecule has 8 heteroatoms. The highest BCUT2D eigenvalue weighted by Crippen LogP contribution is 2.33. The highest BCUT2D eigenvalue weighted by molar-refractivity contribution is 7.18. The summed E-state index contributed by atoms with van der Waals surface area (Å²) in [6.45, 7) is 2.59. The summed E-state index contributed by atoms with van der Waals surface area (Å²) < 4.78 is 6.31. The van der Waals surface area contributed by atoms with Gasteiger partial charge in [0.25, 0.3) is 0 Å². The van der Waals surface area contributed by atoms with Crippen LogP contribution in [0.15, 0.2) is 12.1 Å². The minimum absolute atomic E-state index is 0.136. The molecule has 0 bridgehead atoms. The molecule has 7 nitrogen and oxygen atoms in total. The zero-order chi connectivity index (χ0) is 17.1. The molecule has 0 unspecified atom stereocenters. The van der Waals surface area contributed by atoms with E-state index in [1.807, 2.05) is 13.0 Å². The fourth-order valence-electron chi connectivity index (χ4n) is 2.73. The van der Waals surface area contributed by atoms with Crippen LogP contribution in [0.1, 0.15) is 24.3 Å². The van der Waals surface area contributed by atoms with Gasteiger partial charge in [-0.25, -0.2) is 9.78 Å². The predicted octanol–water partition coefficient (Wildman–Crippen LogP) is 2.40. The number of carbonyl (C=O) groups is 2. The lowest BCUT2D eigenvalue weighted by Crippen LogP contribution is -2.47. The molecule has 1 aromatic carbocycles. The van der Waals surface area contributed by atoms with Gasteiger partial charge in [0.2, 0.25) is 5.91 Å². The molecule has 0 spiro atoms. The van der Waals surface area contributed by atoms with E-state index in [9.17, 15) is 9.59 Å². The van der Waals surface area contributed by atoms with Crippen molar-refractivity contribution in [3.8, 4) is 5.75 Å². The third-order valence-electron chi connectivity index (χ3n) is 3.91. The number of anilines is 1. The van der Waals surface area contributed by atoms with Crippen LogP contribution in [-0.2, 0) is 4.79 Å². The number of aryl methyl sites for hydroxylation is 1. The van der Waals surface area contributed by atoms with E-state index in [1.165, 1.54) is 0 Å². The van der Waals surface area contributed by atoms with Crippen LogP contribution in [-0.4, -0.2) is 36.6 Å². The van der Waals surface area contributed by atoms with E-state index in [0.717, 1.165) is 28.1 Å². The third-order valence-corrected chi connectivity index (χ3v) is 4.84. The Hall–Kier alpha value is -2.35. The average Bonchev–Trinajstić information content (AvgIpc) is 2.78. The van der Waals surface area contributed by atoms with E-state index in [0.29, 0.717) is 24.4 Å². The molecule has 1 aliphatic rings. The van der Waals surface area contributed by atoms with Crippen molar-refractivity contribution in [2.45, 2.75) is 32.2 Å². The largest absolute Gasteiger partial charge is 0.494 e. The summed E-state index contributed by atoms with van der Waals surface area (Å²) in [6.07, 6.45) is 2.48. The molecule has 0 saturated carbocycles. The van der Waals surface area contributed by atoms with Gasteiger partial charge >= 0.3 is 6.03 Å². The number of thiazole rings is 1. The molecule has 1 aliphatic heterocycles. The van der Waals surface area contributed by atoms with E-state index in [-0.39, 0.29) is 5.91 Å². The van der Waals surface area contributed by atoms with Gasteiger partial charge in [0.05, 0.1) is 28.0 Å². The number of nitrogens with one attached hydrogen (secondary N) is 3. The van der Waals surface area contributed by atoms with Crippen LogP contribution in [0.3, 0.4) is 0 Å². The lowest BCUT2D eigenvalue weighted by Gasteiger charge is -2.16. The first-order chi connectivity index (χ1) is 11.6. The highest BCUT2D eigenvalue weighted by Gasteiger charge is 2.23. The predicted molar refractivity (Wildman–Crippen MR) is 93.7 cm³/mol. The number of hydrogen-bond donors (Lipinski definition) is 3. The normalized spacial score (nSPS) is 17.9. The lowest BCUT2D eigenvalue weighted by atomic mass is 10.1. The number of rotatable bonds is 3. The molecule has 1 saturated heterocycles. The highest BCUT2D eigenvalue weighted by atomic mass is 32.1. The van der Waals surface area contributed by atoms with E-state index in [1.54, 1.807) is 24.5 Å². The van der Waals surface area contributed by atoms with Gasteiger partial charge in [-0.1, -0.05) is 0 Å². The molecular formula is C16H20N4O3S. The van der Waals surface area contributed by atoms with Gasteiger partial charge < -0.3 is 20.7 Å². The monoisotopic (exact) mass is 348 g/mol. The van der Waals surface area contributed by atoms with Crippen molar-refractivity contribution in [1.82, 2.24) is 15.6 Å². The Morgan fingerprint density at radius 2 is 2.25 bits per heavy atom. The standard InChI is InChI=1S/C16H20N4O3S/c1-9-18-12-7-13(23-2)11(8-14(12)24-9)20-16(22)19-10-5-3-4-6-17-15(10)21/h7-8,10H,3-6H2,1-2H3,(H,17,21)(H2,19,20,22)/t10-/m0/s1. The summed E-state index contributed by atoms with van der Waals surface area (Å²) in [5.41, 5.74) is 1.39. The maximum Gasteiger partial charge on any atom is 0.319 e. The maximum atomic E-state index is 12.3. The average molecular weight is 348 g/mol. The number of fused-ring (bicyclic) bond motifs is 1. The summed E-state index contributed by atoms with van der Waals surface area (Å²) in [6, 6.07) is 2.71. The lowest BCUT2D eigenvalue weighted by molar-refractivity contribution is -0.122. The topological polar surface area (TPSA) is 92.3 Å². The Kier molecular flexibility index (Phi) is 4.84. The number of hydrogen-bond acceptors (Lipinski definition) is 5. The Morgan fingerprint density at radius 3 is 3.04 bits per heavy atom. The maximum absolute atomic E-state index is 12.3. The van der Waals surface area contributed by atoms with Gasteiger partial charge in [-0.2, -0.15) is 0 Å². The smallest absolute Gasteiger partial charge is 0.319 e. The van der Waals surface area contributed by atoms with Crippen LogP contribution in [0.2, 0.25) is 0 Å². The zero-order valence-corrected chi connectivity index (χ0v) is 14.5. The van der Waals surface area contributed by atoms with Gasteiger partial charge in [0.1, 0.15) is 11.8 Å². The molecule has 24 heavy (non-hydrogen) atoms. The molecule has 2 aromatic rings. The SMILES string of the molecule is COc1cc2nc(C)sc2cc1NC(=O)N[C@H]1CCCCNC1=O. The van der Waals surface area contributed by atoms with Gasteiger partial charge in [0.15, 0.2) is 0 Å². The summed E-state index contributed by atoms with van der Waals surface area (Å²) in [4.78, 5) is 28.6. The second kappa shape index (κ2) is 7.04. The fourth-order valence-corrected chi connectivity index (χ4v) is 3.58. The number of carbonyl (C=O) groups excluding carboxylic acids is 2. The first-order valence-corrected chi connectivity index (χ1v) is 8.69. The second-order valence-corrected chi connectivity index (χ2v) is 6.93. The molecule has 3 amide bonds. The molecule has 3 rings (SSSR count). The number of urea groups is 1.